The van der Waals surface area contributed by atoms with E-state index in [0.717, 1.165) is 21.8 Å². The number of carbonyl (C=O) groups excluding carboxylic acids is 2. The highest BCUT2D eigenvalue weighted by Crippen LogP contribution is 2.39. The molecule has 1 N–H and O–H groups in total. The molecule has 0 amide bonds. The van der Waals surface area contributed by atoms with Gasteiger partial charge in [-0.15, -0.1) is 0 Å². The molecule has 7 heteroatoms. The topological polar surface area (TPSA) is 67.0 Å². The third kappa shape index (κ3) is 3.66. The van der Waals surface area contributed by atoms with Crippen LogP contribution in [0.2, 0.25) is 10.0 Å². The standard InChI is InChI=1S/C14H5BrCl2O2.C13H9NO/c15-9-5-8-10(12(17)11(9)16)14(19)7-4-2-1-3-6(7)13(8)18;15-13-9-5-1-3-7-11(9)14-12-8-4-2-6-10(12)13/h1-5H;1-8H,(H,14,15). The van der Waals surface area contributed by atoms with Crippen LogP contribution < -0.4 is 5.43 Å². The van der Waals surface area contributed by atoms with Crippen molar-refractivity contribution in [2.45, 2.75) is 0 Å². The molecule has 0 saturated carbocycles. The molecule has 1 aliphatic carbocycles. The molecule has 0 atom stereocenters. The molecular formula is C27H14BrCl2NO3. The molecule has 1 aliphatic rings. The summed E-state index contributed by atoms with van der Waals surface area (Å²) in [6.45, 7) is 0. The number of H-pyrrole nitrogens is 1. The fourth-order valence-electron chi connectivity index (χ4n) is 4.03. The van der Waals surface area contributed by atoms with Crippen LogP contribution in [0.4, 0.5) is 0 Å². The maximum atomic E-state index is 12.4. The Labute approximate surface area is 212 Å². The first-order chi connectivity index (χ1) is 16.4. The van der Waals surface area contributed by atoms with Gasteiger partial charge in [0.15, 0.2) is 17.0 Å². The van der Waals surface area contributed by atoms with Gasteiger partial charge in [-0.05, 0) is 46.3 Å². The molecule has 4 aromatic carbocycles. The van der Waals surface area contributed by atoms with Gasteiger partial charge in [-0.2, -0.15) is 0 Å². The first-order valence-electron chi connectivity index (χ1n) is 10.2. The number of ketones is 2. The summed E-state index contributed by atoms with van der Waals surface area (Å²) >= 11 is 15.4. The smallest absolute Gasteiger partial charge is 0.197 e. The first kappa shape index (κ1) is 22.5. The summed E-state index contributed by atoms with van der Waals surface area (Å²) in [5.74, 6) is -0.492. The van der Waals surface area contributed by atoms with E-state index in [9.17, 15) is 14.4 Å². The molecule has 0 radical (unpaired) electrons. The van der Waals surface area contributed by atoms with E-state index >= 15 is 0 Å². The molecule has 0 spiro atoms. The van der Waals surface area contributed by atoms with Crippen molar-refractivity contribution in [2.75, 3.05) is 0 Å². The van der Waals surface area contributed by atoms with E-state index in [1.54, 1.807) is 30.3 Å². The Morgan fingerprint density at radius 3 is 1.71 bits per heavy atom. The number of nitrogens with one attached hydrogen (secondary N) is 1. The quantitative estimate of drug-likeness (QED) is 0.160. The molecular weight excluding hydrogens is 537 g/mol. The molecule has 0 saturated heterocycles. The lowest BCUT2D eigenvalue weighted by Crippen LogP contribution is -2.21. The number of carbonyl (C=O) groups is 2. The van der Waals surface area contributed by atoms with Crippen molar-refractivity contribution < 1.29 is 9.59 Å². The minimum Gasteiger partial charge on any atom is -0.354 e. The Morgan fingerprint density at radius 2 is 1.12 bits per heavy atom. The van der Waals surface area contributed by atoms with Gasteiger partial charge in [0.1, 0.15) is 0 Å². The minimum absolute atomic E-state index is 0.0972. The van der Waals surface area contributed by atoms with Crippen molar-refractivity contribution in [3.63, 3.8) is 0 Å². The van der Waals surface area contributed by atoms with Gasteiger partial charge in [-0.1, -0.05) is 71.7 Å². The second-order valence-electron chi connectivity index (χ2n) is 7.66. The molecule has 1 aromatic heterocycles. The number of rotatable bonds is 0. The Hall–Kier alpha value is -3.25. The number of fused-ring (bicyclic) bond motifs is 4. The molecule has 166 valence electrons. The Morgan fingerprint density at radius 1 is 0.618 bits per heavy atom. The fourth-order valence-corrected chi connectivity index (χ4v) is 5.01. The first-order valence-corrected chi connectivity index (χ1v) is 11.8. The van der Waals surface area contributed by atoms with Crippen LogP contribution in [0.1, 0.15) is 31.8 Å². The van der Waals surface area contributed by atoms with Crippen LogP contribution in [0.25, 0.3) is 21.8 Å². The number of halogens is 3. The number of hydrogen-bond donors (Lipinski definition) is 1. The third-order valence-corrected chi connectivity index (χ3v) is 7.38. The lowest BCUT2D eigenvalue weighted by Gasteiger charge is -2.19. The number of pyridine rings is 1. The highest BCUT2D eigenvalue weighted by atomic mass is 79.9. The number of aromatic nitrogens is 1. The molecule has 0 fully saturated rings. The zero-order valence-corrected chi connectivity index (χ0v) is 20.5. The van der Waals surface area contributed by atoms with Crippen molar-refractivity contribution in [3.05, 3.63) is 126 Å². The van der Waals surface area contributed by atoms with Gasteiger partial charge in [0.25, 0.3) is 0 Å². The second kappa shape index (κ2) is 8.84. The Balaban J connectivity index is 0.000000145. The van der Waals surface area contributed by atoms with E-state index < -0.39 is 0 Å². The van der Waals surface area contributed by atoms with Crippen LogP contribution in [0.15, 0.2) is 88.1 Å². The van der Waals surface area contributed by atoms with Gasteiger partial charge in [-0.3, -0.25) is 14.4 Å². The van der Waals surface area contributed by atoms with Crippen LogP contribution in [-0.2, 0) is 0 Å². The number of hydrogen-bond acceptors (Lipinski definition) is 3. The van der Waals surface area contributed by atoms with Gasteiger partial charge < -0.3 is 4.98 Å². The summed E-state index contributed by atoms with van der Waals surface area (Å²) < 4.78 is 0.499. The van der Waals surface area contributed by atoms with Gasteiger partial charge >= 0.3 is 0 Å². The summed E-state index contributed by atoms with van der Waals surface area (Å²) in [7, 11) is 0. The van der Waals surface area contributed by atoms with E-state index in [1.165, 1.54) is 0 Å². The zero-order valence-electron chi connectivity index (χ0n) is 17.4. The van der Waals surface area contributed by atoms with Crippen LogP contribution in [-0.4, -0.2) is 16.6 Å². The maximum absolute atomic E-state index is 12.4. The van der Waals surface area contributed by atoms with Crippen molar-refractivity contribution >= 4 is 72.5 Å². The predicted octanol–water partition coefficient (Wildman–Crippen LogP) is 7.21. The van der Waals surface area contributed by atoms with Crippen LogP contribution in [0, 0.1) is 0 Å². The maximum Gasteiger partial charge on any atom is 0.197 e. The molecule has 1 heterocycles. The van der Waals surface area contributed by atoms with E-state index in [1.807, 2.05) is 48.5 Å². The lowest BCUT2D eigenvalue weighted by molar-refractivity contribution is 0.0979. The molecule has 5 aromatic rings. The number of aromatic amines is 1. The lowest BCUT2D eigenvalue weighted by atomic mass is 9.84. The van der Waals surface area contributed by atoms with Gasteiger partial charge in [0, 0.05) is 43.0 Å². The van der Waals surface area contributed by atoms with E-state index in [4.69, 9.17) is 23.2 Å². The highest BCUT2D eigenvalue weighted by Gasteiger charge is 2.32. The van der Waals surface area contributed by atoms with Gasteiger partial charge in [-0.25, -0.2) is 0 Å². The van der Waals surface area contributed by atoms with Gasteiger partial charge in [0.2, 0.25) is 0 Å². The highest BCUT2D eigenvalue weighted by molar-refractivity contribution is 9.10. The third-order valence-electron chi connectivity index (χ3n) is 5.66. The molecule has 0 bridgehead atoms. The van der Waals surface area contributed by atoms with E-state index in [0.29, 0.717) is 15.6 Å². The molecule has 0 unspecified atom stereocenters. The Kier molecular flexibility index (Phi) is 5.86. The van der Waals surface area contributed by atoms with Crippen molar-refractivity contribution in [3.8, 4) is 0 Å². The van der Waals surface area contributed by atoms with E-state index in [-0.39, 0.29) is 38.2 Å². The summed E-state index contributed by atoms with van der Waals surface area (Å²) in [5.41, 5.74) is 3.09. The molecule has 0 aliphatic heterocycles. The fraction of sp³-hybridized carbons (Fsp3) is 0. The van der Waals surface area contributed by atoms with Crippen molar-refractivity contribution in [1.82, 2.24) is 4.98 Å². The number of benzene rings is 4. The largest absolute Gasteiger partial charge is 0.354 e. The van der Waals surface area contributed by atoms with Crippen LogP contribution >= 0.6 is 39.1 Å². The summed E-state index contributed by atoms with van der Waals surface area (Å²) in [5, 5.41) is 1.84. The zero-order chi connectivity index (χ0) is 24.0. The van der Waals surface area contributed by atoms with Crippen molar-refractivity contribution in [1.29, 1.82) is 0 Å². The SMILES string of the molecule is O=C1c2ccccc2C(=O)c2c1cc(Br)c(Cl)c2Cl.O=c1c2ccccc2[nH]c2ccccc12. The van der Waals surface area contributed by atoms with Crippen LogP contribution in [0.5, 0.6) is 0 Å². The average molecular weight is 551 g/mol. The predicted molar refractivity (Wildman–Crippen MR) is 140 cm³/mol. The molecule has 6 rings (SSSR count). The summed E-state index contributed by atoms with van der Waals surface area (Å²) in [6.07, 6.45) is 0. The molecule has 34 heavy (non-hydrogen) atoms. The minimum atomic E-state index is -0.274. The average Bonchev–Trinajstić information content (AvgIpc) is 2.86. The Bertz CT molecular complexity index is 1650. The normalized spacial score (nSPS) is 12.2. The molecule has 4 nitrogen and oxygen atoms in total. The van der Waals surface area contributed by atoms with Crippen molar-refractivity contribution in [2.24, 2.45) is 0 Å². The number of para-hydroxylation sites is 2. The van der Waals surface area contributed by atoms with E-state index in [2.05, 4.69) is 20.9 Å². The monoisotopic (exact) mass is 549 g/mol. The summed E-state index contributed by atoms with van der Waals surface area (Å²) in [6, 6.07) is 23.4. The van der Waals surface area contributed by atoms with Crippen LogP contribution in [0.3, 0.4) is 0 Å². The summed E-state index contributed by atoms with van der Waals surface area (Å²) in [4.78, 5) is 40.1. The van der Waals surface area contributed by atoms with Gasteiger partial charge in [0.05, 0.1) is 15.6 Å². The second-order valence-corrected chi connectivity index (χ2v) is 9.27.